The highest BCUT2D eigenvalue weighted by Crippen LogP contribution is 2.28. The maximum atomic E-state index is 11.1. The molecule has 0 unspecified atom stereocenters. The van der Waals surface area contributed by atoms with Gasteiger partial charge in [0.1, 0.15) is 0 Å². The molecule has 0 aliphatic heterocycles. The third kappa shape index (κ3) is 4.13. The molecule has 1 aromatic rings. The van der Waals surface area contributed by atoms with E-state index < -0.39 is 5.97 Å². The second kappa shape index (κ2) is 6.61. The van der Waals surface area contributed by atoms with Gasteiger partial charge in [0.2, 0.25) is 0 Å². The second-order valence-corrected chi connectivity index (χ2v) is 5.36. The fraction of sp³-hybridized carbons (Fsp3) is 0.533. The average Bonchev–Trinajstić information content (AvgIpc) is 3.21. The van der Waals surface area contributed by atoms with Crippen molar-refractivity contribution in [3.63, 3.8) is 0 Å². The molecule has 1 aliphatic rings. The molecule has 0 heterocycles. The molecule has 5 heteroatoms. The van der Waals surface area contributed by atoms with E-state index >= 15 is 0 Å². The van der Waals surface area contributed by atoms with Crippen LogP contribution in [0, 0.1) is 12.8 Å². The summed E-state index contributed by atoms with van der Waals surface area (Å²) in [5, 5.41) is 12.3. The van der Waals surface area contributed by atoms with Crippen LogP contribution >= 0.6 is 0 Å². The lowest BCUT2D eigenvalue weighted by Gasteiger charge is -2.11. The zero-order chi connectivity index (χ0) is 14.5. The van der Waals surface area contributed by atoms with Crippen molar-refractivity contribution in [2.24, 2.45) is 5.92 Å². The van der Waals surface area contributed by atoms with E-state index in [4.69, 9.17) is 15.6 Å². The zero-order valence-corrected chi connectivity index (χ0v) is 11.8. The summed E-state index contributed by atoms with van der Waals surface area (Å²) in [6.45, 7) is 4.19. The van der Waals surface area contributed by atoms with Gasteiger partial charge in [-0.25, -0.2) is 4.79 Å². The van der Waals surface area contributed by atoms with Gasteiger partial charge >= 0.3 is 5.97 Å². The molecule has 1 aliphatic carbocycles. The Morgan fingerprint density at radius 3 is 2.90 bits per heavy atom. The Morgan fingerprint density at radius 2 is 2.25 bits per heavy atom. The summed E-state index contributed by atoms with van der Waals surface area (Å²) in [6.07, 6.45) is 3.51. The van der Waals surface area contributed by atoms with Crippen molar-refractivity contribution < 1.29 is 14.6 Å². The van der Waals surface area contributed by atoms with Gasteiger partial charge in [-0.1, -0.05) is 0 Å². The van der Waals surface area contributed by atoms with Crippen LogP contribution in [-0.4, -0.2) is 30.8 Å². The van der Waals surface area contributed by atoms with E-state index in [1.165, 1.54) is 12.8 Å². The van der Waals surface area contributed by atoms with Crippen molar-refractivity contribution in [3.05, 3.63) is 23.3 Å². The SMILES string of the molecule is Cc1cc(NCCCOCC2CC2)cc(C(=O)O)c1N. The topological polar surface area (TPSA) is 84.6 Å². The molecule has 110 valence electrons. The molecule has 0 atom stereocenters. The average molecular weight is 278 g/mol. The summed E-state index contributed by atoms with van der Waals surface area (Å²) in [4.78, 5) is 11.1. The summed E-state index contributed by atoms with van der Waals surface area (Å²) >= 11 is 0. The molecule has 1 aromatic carbocycles. The van der Waals surface area contributed by atoms with E-state index in [2.05, 4.69) is 5.32 Å². The van der Waals surface area contributed by atoms with Crippen LogP contribution in [0.4, 0.5) is 11.4 Å². The Kier molecular flexibility index (Phi) is 4.84. The van der Waals surface area contributed by atoms with Crippen molar-refractivity contribution in [2.75, 3.05) is 30.8 Å². The Balaban J connectivity index is 1.78. The summed E-state index contributed by atoms with van der Waals surface area (Å²) in [7, 11) is 0. The van der Waals surface area contributed by atoms with Gasteiger partial charge in [-0.05, 0) is 49.8 Å². The van der Waals surface area contributed by atoms with Crippen molar-refractivity contribution >= 4 is 17.3 Å². The van der Waals surface area contributed by atoms with Crippen molar-refractivity contribution in [3.8, 4) is 0 Å². The summed E-state index contributed by atoms with van der Waals surface area (Å²) in [5.41, 5.74) is 7.80. The minimum absolute atomic E-state index is 0.150. The molecule has 0 radical (unpaired) electrons. The number of nitrogens with one attached hydrogen (secondary N) is 1. The molecule has 1 fully saturated rings. The molecule has 4 N–H and O–H groups in total. The first-order valence-electron chi connectivity index (χ1n) is 7.03. The Labute approximate surface area is 119 Å². The number of benzene rings is 1. The Bertz CT molecular complexity index is 484. The first-order chi connectivity index (χ1) is 9.58. The third-order valence-electron chi connectivity index (χ3n) is 3.46. The van der Waals surface area contributed by atoms with Crippen molar-refractivity contribution in [2.45, 2.75) is 26.2 Å². The van der Waals surface area contributed by atoms with Gasteiger partial charge in [0, 0.05) is 31.1 Å². The molecule has 0 aromatic heterocycles. The number of carboxylic acids is 1. The predicted molar refractivity (Wildman–Crippen MR) is 79.2 cm³/mol. The first-order valence-corrected chi connectivity index (χ1v) is 7.03. The monoisotopic (exact) mass is 278 g/mol. The van der Waals surface area contributed by atoms with Crippen LogP contribution in [0.3, 0.4) is 0 Å². The highest BCUT2D eigenvalue weighted by Gasteiger charge is 2.20. The molecular weight excluding hydrogens is 256 g/mol. The molecule has 2 rings (SSSR count). The molecule has 0 spiro atoms. The number of anilines is 2. The van der Waals surface area contributed by atoms with E-state index in [0.717, 1.165) is 43.3 Å². The molecule has 1 saturated carbocycles. The smallest absolute Gasteiger partial charge is 0.337 e. The van der Waals surface area contributed by atoms with Gasteiger partial charge in [0.25, 0.3) is 0 Å². The number of carboxylic acid groups (broad SMARTS) is 1. The summed E-state index contributed by atoms with van der Waals surface area (Å²) in [6, 6.07) is 3.45. The molecule has 5 nitrogen and oxygen atoms in total. The van der Waals surface area contributed by atoms with Gasteiger partial charge in [-0.3, -0.25) is 0 Å². The largest absolute Gasteiger partial charge is 0.478 e. The highest BCUT2D eigenvalue weighted by atomic mass is 16.5. The van der Waals surface area contributed by atoms with Gasteiger partial charge in [0.15, 0.2) is 0 Å². The number of nitrogen functional groups attached to an aromatic ring is 1. The van der Waals surface area contributed by atoms with Gasteiger partial charge < -0.3 is 20.9 Å². The number of aryl methyl sites for hydroxylation is 1. The fourth-order valence-electron chi connectivity index (χ4n) is 2.02. The Morgan fingerprint density at radius 1 is 1.50 bits per heavy atom. The standard InChI is InChI=1S/C15H22N2O3/c1-10-7-12(8-13(14(10)16)15(18)19)17-5-2-6-20-9-11-3-4-11/h7-8,11,17H,2-6,9,16H2,1H3,(H,18,19). The maximum absolute atomic E-state index is 11.1. The van der Waals surface area contributed by atoms with Crippen LogP contribution in [-0.2, 0) is 4.74 Å². The van der Waals surface area contributed by atoms with Crippen LogP contribution in [0.5, 0.6) is 0 Å². The van der Waals surface area contributed by atoms with E-state index in [9.17, 15) is 4.79 Å². The minimum Gasteiger partial charge on any atom is -0.478 e. The maximum Gasteiger partial charge on any atom is 0.337 e. The minimum atomic E-state index is -0.998. The Hall–Kier alpha value is -1.75. The van der Waals surface area contributed by atoms with E-state index in [1.807, 2.05) is 13.0 Å². The predicted octanol–water partition coefficient (Wildman–Crippen LogP) is 2.50. The zero-order valence-electron chi connectivity index (χ0n) is 11.8. The molecule has 0 amide bonds. The number of aromatic carboxylic acids is 1. The van der Waals surface area contributed by atoms with E-state index in [0.29, 0.717) is 5.69 Å². The van der Waals surface area contributed by atoms with Gasteiger partial charge in [-0.2, -0.15) is 0 Å². The molecule has 0 saturated heterocycles. The number of rotatable bonds is 8. The van der Waals surface area contributed by atoms with Gasteiger partial charge in [0.05, 0.1) is 5.56 Å². The highest BCUT2D eigenvalue weighted by molar-refractivity contribution is 5.95. The molecule has 20 heavy (non-hydrogen) atoms. The summed E-state index contributed by atoms with van der Waals surface area (Å²) in [5.74, 6) is -0.206. The van der Waals surface area contributed by atoms with Crippen LogP contribution in [0.1, 0.15) is 35.2 Å². The van der Waals surface area contributed by atoms with E-state index in [-0.39, 0.29) is 5.56 Å². The number of hydrogen-bond donors (Lipinski definition) is 3. The quantitative estimate of drug-likeness (QED) is 0.502. The van der Waals surface area contributed by atoms with Crippen LogP contribution < -0.4 is 11.1 Å². The van der Waals surface area contributed by atoms with Crippen molar-refractivity contribution in [1.82, 2.24) is 0 Å². The number of nitrogens with two attached hydrogens (primary N) is 1. The number of hydrogen-bond acceptors (Lipinski definition) is 4. The lowest BCUT2D eigenvalue weighted by Crippen LogP contribution is -2.09. The van der Waals surface area contributed by atoms with Crippen LogP contribution in [0.2, 0.25) is 0 Å². The molecular formula is C15H22N2O3. The lowest BCUT2D eigenvalue weighted by molar-refractivity contribution is 0.0698. The molecule has 0 bridgehead atoms. The second-order valence-electron chi connectivity index (χ2n) is 5.36. The van der Waals surface area contributed by atoms with Crippen molar-refractivity contribution in [1.29, 1.82) is 0 Å². The fourth-order valence-corrected chi connectivity index (χ4v) is 2.02. The third-order valence-corrected chi connectivity index (χ3v) is 3.46. The summed E-state index contributed by atoms with van der Waals surface area (Å²) < 4.78 is 5.55. The van der Waals surface area contributed by atoms with E-state index in [1.54, 1.807) is 6.07 Å². The van der Waals surface area contributed by atoms with Crippen LogP contribution in [0.15, 0.2) is 12.1 Å². The lowest BCUT2D eigenvalue weighted by atomic mass is 10.1. The normalized spacial score (nSPS) is 14.2. The number of carbonyl (C=O) groups is 1. The number of ether oxygens (including phenoxy) is 1. The first kappa shape index (κ1) is 14.7. The van der Waals surface area contributed by atoms with Gasteiger partial charge in [-0.15, -0.1) is 0 Å². The van der Waals surface area contributed by atoms with Crippen LogP contribution in [0.25, 0.3) is 0 Å².